The van der Waals surface area contributed by atoms with Crippen LogP contribution in [0.1, 0.15) is 18.9 Å². The van der Waals surface area contributed by atoms with Crippen molar-refractivity contribution in [2.45, 2.75) is 25.6 Å². The fourth-order valence-corrected chi connectivity index (χ4v) is 1.49. The van der Waals surface area contributed by atoms with Gasteiger partial charge in [-0.2, -0.15) is 13.2 Å². The Morgan fingerprint density at radius 2 is 1.95 bits per heavy atom. The van der Waals surface area contributed by atoms with E-state index in [9.17, 15) is 27.2 Å². The Bertz CT molecular complexity index is 546. The van der Waals surface area contributed by atoms with Gasteiger partial charge in [-0.3, -0.25) is 4.79 Å². The predicted octanol–water partition coefficient (Wildman–Crippen LogP) is 2.83. The number of anilines is 1. The van der Waals surface area contributed by atoms with E-state index in [1.165, 1.54) is 6.92 Å². The Balaban J connectivity index is 2.78. The number of alkyl halides is 3. The number of carbonyl (C=O) groups excluding carboxylic acids is 1. The molecule has 0 aliphatic carbocycles. The van der Waals surface area contributed by atoms with Crippen LogP contribution in [0.25, 0.3) is 0 Å². The summed E-state index contributed by atoms with van der Waals surface area (Å²) >= 11 is 0. The normalized spacial score (nSPS) is 12.6. The van der Waals surface area contributed by atoms with Crippen LogP contribution in [0.3, 0.4) is 0 Å². The number of halogens is 4. The van der Waals surface area contributed by atoms with Crippen molar-refractivity contribution in [3.8, 4) is 0 Å². The van der Waals surface area contributed by atoms with Crippen molar-refractivity contribution in [2.75, 3.05) is 5.32 Å². The molecule has 1 aromatic rings. The lowest BCUT2D eigenvalue weighted by molar-refractivity contribution is -0.138. The molecular weight excluding hydrogens is 296 g/mol. The van der Waals surface area contributed by atoms with Gasteiger partial charge in [-0.1, -0.05) is 0 Å². The second kappa shape index (κ2) is 6.42. The Morgan fingerprint density at radius 3 is 2.48 bits per heavy atom. The molecule has 0 aliphatic rings. The number of rotatable bonds is 4. The summed E-state index contributed by atoms with van der Waals surface area (Å²) in [6.07, 6.45) is -5.05. The molecule has 0 heterocycles. The number of carboxylic acids is 1. The Hall–Kier alpha value is -2.32. The third-order valence-electron chi connectivity index (χ3n) is 2.40. The summed E-state index contributed by atoms with van der Waals surface area (Å²) in [4.78, 5) is 21.9. The maximum absolute atomic E-state index is 13.4. The first-order chi connectivity index (χ1) is 9.59. The molecule has 0 bridgehead atoms. The number of carbonyl (C=O) groups is 2. The molecular formula is C12H12F4N2O3. The first-order valence-electron chi connectivity index (χ1n) is 5.75. The number of benzene rings is 1. The van der Waals surface area contributed by atoms with Gasteiger partial charge in [0.25, 0.3) is 0 Å². The van der Waals surface area contributed by atoms with Crippen LogP contribution in [-0.4, -0.2) is 23.1 Å². The van der Waals surface area contributed by atoms with Gasteiger partial charge >= 0.3 is 18.2 Å². The van der Waals surface area contributed by atoms with E-state index in [4.69, 9.17) is 5.11 Å². The van der Waals surface area contributed by atoms with Crippen molar-refractivity contribution in [1.29, 1.82) is 0 Å². The SMILES string of the molecule is CC(CC(=O)O)NC(=O)Nc1cc(C(F)(F)F)ccc1F. The first-order valence-corrected chi connectivity index (χ1v) is 5.75. The van der Waals surface area contributed by atoms with Crippen LogP contribution in [-0.2, 0) is 11.0 Å². The van der Waals surface area contributed by atoms with Crippen molar-refractivity contribution >= 4 is 17.7 Å². The van der Waals surface area contributed by atoms with E-state index in [1.54, 1.807) is 0 Å². The number of amides is 2. The van der Waals surface area contributed by atoms with Crippen LogP contribution in [0.2, 0.25) is 0 Å². The molecule has 0 aromatic heterocycles. The molecule has 21 heavy (non-hydrogen) atoms. The second-order valence-electron chi connectivity index (χ2n) is 4.29. The molecule has 1 atom stereocenters. The highest BCUT2D eigenvalue weighted by atomic mass is 19.4. The summed E-state index contributed by atoms with van der Waals surface area (Å²) in [7, 11) is 0. The molecule has 2 amide bonds. The topological polar surface area (TPSA) is 78.4 Å². The average Bonchev–Trinajstić information content (AvgIpc) is 2.28. The highest BCUT2D eigenvalue weighted by molar-refractivity contribution is 5.90. The molecule has 5 nitrogen and oxygen atoms in total. The zero-order valence-corrected chi connectivity index (χ0v) is 10.8. The molecule has 1 unspecified atom stereocenters. The van der Waals surface area contributed by atoms with Gasteiger partial charge in [0.15, 0.2) is 0 Å². The fourth-order valence-electron chi connectivity index (χ4n) is 1.49. The molecule has 3 N–H and O–H groups in total. The molecule has 1 aromatic carbocycles. The average molecular weight is 308 g/mol. The van der Waals surface area contributed by atoms with Crippen molar-refractivity contribution in [1.82, 2.24) is 5.32 Å². The monoisotopic (exact) mass is 308 g/mol. The number of carboxylic acid groups (broad SMARTS) is 1. The molecule has 0 spiro atoms. The van der Waals surface area contributed by atoms with E-state index in [1.807, 2.05) is 5.32 Å². The lowest BCUT2D eigenvalue weighted by Gasteiger charge is -2.14. The van der Waals surface area contributed by atoms with E-state index in [0.29, 0.717) is 18.2 Å². The van der Waals surface area contributed by atoms with E-state index >= 15 is 0 Å². The largest absolute Gasteiger partial charge is 0.481 e. The maximum atomic E-state index is 13.4. The van der Waals surface area contributed by atoms with Gasteiger partial charge in [-0.25, -0.2) is 9.18 Å². The van der Waals surface area contributed by atoms with Gasteiger partial charge in [0.1, 0.15) is 5.82 Å². The number of nitrogens with one attached hydrogen (secondary N) is 2. The Kier molecular flexibility index (Phi) is 5.12. The molecule has 116 valence electrons. The van der Waals surface area contributed by atoms with Crippen molar-refractivity contribution in [3.05, 3.63) is 29.6 Å². The third-order valence-corrected chi connectivity index (χ3v) is 2.40. The summed E-state index contributed by atoms with van der Waals surface area (Å²) < 4.78 is 50.8. The zero-order chi connectivity index (χ0) is 16.2. The van der Waals surface area contributed by atoms with E-state index in [2.05, 4.69) is 5.32 Å². The standard InChI is InChI=1S/C12H12F4N2O3/c1-6(4-10(19)20)17-11(21)18-9-5-7(12(14,15)16)2-3-8(9)13/h2-3,5-6H,4H2,1H3,(H,19,20)(H2,17,18,21). The lowest BCUT2D eigenvalue weighted by Crippen LogP contribution is -2.37. The molecule has 0 saturated carbocycles. The minimum atomic E-state index is -4.67. The van der Waals surface area contributed by atoms with Gasteiger partial charge in [-0.05, 0) is 25.1 Å². The fraction of sp³-hybridized carbons (Fsp3) is 0.333. The quantitative estimate of drug-likeness (QED) is 0.748. The van der Waals surface area contributed by atoms with Gasteiger partial charge in [0, 0.05) is 6.04 Å². The first kappa shape index (κ1) is 16.7. The second-order valence-corrected chi connectivity index (χ2v) is 4.29. The van der Waals surface area contributed by atoms with Crippen LogP contribution < -0.4 is 10.6 Å². The minimum Gasteiger partial charge on any atom is -0.481 e. The lowest BCUT2D eigenvalue weighted by atomic mass is 10.2. The van der Waals surface area contributed by atoms with E-state index in [-0.39, 0.29) is 6.42 Å². The van der Waals surface area contributed by atoms with Gasteiger partial charge in [0.2, 0.25) is 0 Å². The van der Waals surface area contributed by atoms with E-state index in [0.717, 1.165) is 0 Å². The number of urea groups is 1. The van der Waals surface area contributed by atoms with E-state index < -0.39 is 41.3 Å². The molecule has 0 saturated heterocycles. The highest BCUT2D eigenvalue weighted by Gasteiger charge is 2.31. The van der Waals surface area contributed by atoms with Crippen molar-refractivity contribution in [3.63, 3.8) is 0 Å². The predicted molar refractivity (Wildman–Crippen MR) is 65.3 cm³/mol. The third kappa shape index (κ3) is 5.28. The highest BCUT2D eigenvalue weighted by Crippen LogP contribution is 2.31. The van der Waals surface area contributed by atoms with Gasteiger partial charge < -0.3 is 15.7 Å². The number of hydrogen-bond acceptors (Lipinski definition) is 2. The van der Waals surface area contributed by atoms with Crippen LogP contribution in [0.5, 0.6) is 0 Å². The van der Waals surface area contributed by atoms with Crippen LogP contribution in [0.15, 0.2) is 18.2 Å². The summed E-state index contributed by atoms with van der Waals surface area (Å²) in [5.74, 6) is -2.20. The molecule has 9 heteroatoms. The summed E-state index contributed by atoms with van der Waals surface area (Å²) in [5, 5.41) is 12.6. The molecule has 0 fully saturated rings. The van der Waals surface area contributed by atoms with Crippen molar-refractivity contribution < 1.29 is 32.3 Å². The molecule has 0 radical (unpaired) electrons. The number of aliphatic carboxylic acids is 1. The van der Waals surface area contributed by atoms with Gasteiger partial charge in [0.05, 0.1) is 17.7 Å². The molecule has 0 aliphatic heterocycles. The summed E-state index contributed by atoms with van der Waals surface area (Å²) in [6.45, 7) is 1.39. The Morgan fingerprint density at radius 1 is 1.33 bits per heavy atom. The number of hydrogen-bond donors (Lipinski definition) is 3. The Labute approximate surface area is 117 Å². The zero-order valence-electron chi connectivity index (χ0n) is 10.8. The minimum absolute atomic E-state index is 0.376. The summed E-state index contributed by atoms with van der Waals surface area (Å²) in [5.41, 5.74) is -1.76. The maximum Gasteiger partial charge on any atom is 0.416 e. The van der Waals surface area contributed by atoms with Gasteiger partial charge in [-0.15, -0.1) is 0 Å². The van der Waals surface area contributed by atoms with Crippen LogP contribution in [0, 0.1) is 5.82 Å². The summed E-state index contributed by atoms with van der Waals surface area (Å²) in [6, 6.07) is -0.181. The van der Waals surface area contributed by atoms with Crippen LogP contribution in [0.4, 0.5) is 28.0 Å². The van der Waals surface area contributed by atoms with Crippen molar-refractivity contribution in [2.24, 2.45) is 0 Å². The van der Waals surface area contributed by atoms with Crippen LogP contribution >= 0.6 is 0 Å². The molecule has 1 rings (SSSR count). The smallest absolute Gasteiger partial charge is 0.416 e.